The van der Waals surface area contributed by atoms with Crippen molar-refractivity contribution in [2.75, 3.05) is 20.1 Å². The molecule has 2 unspecified atom stereocenters. The Morgan fingerprint density at radius 1 is 1.29 bits per heavy atom. The molecule has 0 saturated carbocycles. The third-order valence-corrected chi connectivity index (χ3v) is 4.57. The Hall–Kier alpha value is -1.35. The minimum Gasteiger partial charge on any atom is -0.462 e. The third kappa shape index (κ3) is 4.31. The van der Waals surface area contributed by atoms with Crippen molar-refractivity contribution in [3.05, 3.63) is 35.9 Å². The van der Waals surface area contributed by atoms with Gasteiger partial charge in [0.15, 0.2) is 0 Å². The first kappa shape index (κ1) is 16.0. The highest BCUT2D eigenvalue weighted by Crippen LogP contribution is 2.29. The van der Waals surface area contributed by atoms with E-state index in [1.165, 1.54) is 0 Å². The molecule has 1 aromatic rings. The average Bonchev–Trinajstić information content (AvgIpc) is 2.50. The summed E-state index contributed by atoms with van der Waals surface area (Å²) in [4.78, 5) is 14.9. The largest absolute Gasteiger partial charge is 0.462 e. The van der Waals surface area contributed by atoms with E-state index < -0.39 is 0 Å². The van der Waals surface area contributed by atoms with Crippen LogP contribution in [0.15, 0.2) is 30.3 Å². The zero-order chi connectivity index (χ0) is 15.2. The van der Waals surface area contributed by atoms with Crippen LogP contribution >= 0.6 is 0 Å². The lowest BCUT2D eigenvalue weighted by Crippen LogP contribution is -2.36. The summed E-state index contributed by atoms with van der Waals surface area (Å²) in [5.74, 6) is 0.104. The van der Waals surface area contributed by atoms with Crippen LogP contribution in [0.1, 0.15) is 44.6 Å². The maximum absolute atomic E-state index is 12.7. The zero-order valence-electron chi connectivity index (χ0n) is 13.4. The summed E-state index contributed by atoms with van der Waals surface area (Å²) < 4.78 is 5.81. The Kier molecular flexibility index (Phi) is 5.80. The molecule has 0 bridgehead atoms. The van der Waals surface area contributed by atoms with Gasteiger partial charge < -0.3 is 9.64 Å². The second kappa shape index (κ2) is 7.60. The van der Waals surface area contributed by atoms with Crippen molar-refractivity contribution in [3.63, 3.8) is 0 Å². The summed E-state index contributed by atoms with van der Waals surface area (Å²) in [6.07, 6.45) is 2.96. The zero-order valence-corrected chi connectivity index (χ0v) is 13.4. The van der Waals surface area contributed by atoms with Crippen LogP contribution in [0.3, 0.4) is 0 Å². The molecule has 0 aliphatic carbocycles. The fraction of sp³-hybridized carbons (Fsp3) is 0.611. The van der Waals surface area contributed by atoms with Crippen LogP contribution in [0.4, 0.5) is 0 Å². The first-order chi connectivity index (χ1) is 10.1. The topological polar surface area (TPSA) is 29.5 Å². The van der Waals surface area contributed by atoms with Gasteiger partial charge in [-0.05, 0) is 31.4 Å². The molecule has 0 radical (unpaired) electrons. The molecule has 0 amide bonds. The molecule has 3 heteroatoms. The van der Waals surface area contributed by atoms with Gasteiger partial charge in [0.1, 0.15) is 6.10 Å². The fourth-order valence-corrected chi connectivity index (χ4v) is 2.93. The molecule has 1 saturated heterocycles. The summed E-state index contributed by atoms with van der Waals surface area (Å²) in [5.41, 5.74) is 1.07. The summed E-state index contributed by atoms with van der Waals surface area (Å²) in [6, 6.07) is 10.0. The highest BCUT2D eigenvalue weighted by molar-refractivity contribution is 5.78. The predicted octanol–water partition coefficient (Wildman–Crippen LogP) is 3.45. The molecule has 1 aliphatic heterocycles. The van der Waals surface area contributed by atoms with E-state index in [1.807, 2.05) is 30.3 Å². The smallest absolute Gasteiger partial charge is 0.313 e. The molecule has 2 rings (SSSR count). The van der Waals surface area contributed by atoms with E-state index in [-0.39, 0.29) is 18.0 Å². The maximum atomic E-state index is 12.7. The van der Waals surface area contributed by atoms with Crippen molar-refractivity contribution < 1.29 is 9.53 Å². The quantitative estimate of drug-likeness (QED) is 0.778. The number of hydrogen-bond acceptors (Lipinski definition) is 3. The number of carbonyl (C=O) groups is 1. The molecule has 116 valence electrons. The van der Waals surface area contributed by atoms with Crippen LogP contribution in [0.5, 0.6) is 0 Å². The van der Waals surface area contributed by atoms with Crippen LogP contribution in [-0.4, -0.2) is 37.1 Å². The van der Waals surface area contributed by atoms with Crippen molar-refractivity contribution in [3.8, 4) is 0 Å². The molecule has 0 spiro atoms. The van der Waals surface area contributed by atoms with Crippen molar-refractivity contribution in [1.29, 1.82) is 0 Å². The molecule has 2 atom stereocenters. The number of rotatable bonds is 5. The van der Waals surface area contributed by atoms with Gasteiger partial charge in [0.2, 0.25) is 0 Å². The number of carbonyl (C=O) groups excluding carboxylic acids is 1. The monoisotopic (exact) mass is 289 g/mol. The van der Waals surface area contributed by atoms with Crippen LogP contribution in [-0.2, 0) is 9.53 Å². The van der Waals surface area contributed by atoms with Crippen LogP contribution in [0.25, 0.3) is 0 Å². The van der Waals surface area contributed by atoms with Gasteiger partial charge in [0, 0.05) is 13.1 Å². The highest BCUT2D eigenvalue weighted by atomic mass is 16.5. The fourth-order valence-electron chi connectivity index (χ4n) is 2.93. The standard InChI is InChI=1S/C18H27NO2/c1-4-14(2)17(15-8-6-5-7-9-15)18(20)21-16-10-12-19(3)13-11-16/h5-9,14,16-17H,4,10-13H2,1-3H3. The van der Waals surface area contributed by atoms with E-state index in [0.717, 1.165) is 37.9 Å². The minimum atomic E-state index is -0.143. The summed E-state index contributed by atoms with van der Waals surface area (Å²) in [5, 5.41) is 0. The summed E-state index contributed by atoms with van der Waals surface area (Å²) in [6.45, 7) is 6.28. The lowest BCUT2D eigenvalue weighted by atomic mass is 9.85. The van der Waals surface area contributed by atoms with Gasteiger partial charge in [-0.3, -0.25) is 4.79 Å². The van der Waals surface area contributed by atoms with Gasteiger partial charge in [0.05, 0.1) is 5.92 Å². The Bertz CT molecular complexity index is 438. The van der Waals surface area contributed by atoms with Gasteiger partial charge in [-0.15, -0.1) is 0 Å². The summed E-state index contributed by atoms with van der Waals surface area (Å²) in [7, 11) is 2.12. The number of hydrogen-bond donors (Lipinski definition) is 0. The first-order valence-electron chi connectivity index (χ1n) is 8.05. The SMILES string of the molecule is CCC(C)C(C(=O)OC1CCN(C)CC1)c1ccccc1. The Morgan fingerprint density at radius 3 is 2.48 bits per heavy atom. The van der Waals surface area contributed by atoms with Crippen LogP contribution in [0.2, 0.25) is 0 Å². The molecule has 1 aromatic carbocycles. The van der Waals surface area contributed by atoms with Crippen molar-refractivity contribution >= 4 is 5.97 Å². The van der Waals surface area contributed by atoms with Gasteiger partial charge in [-0.2, -0.15) is 0 Å². The second-order valence-electron chi connectivity index (χ2n) is 6.21. The van der Waals surface area contributed by atoms with E-state index in [4.69, 9.17) is 4.74 Å². The third-order valence-electron chi connectivity index (χ3n) is 4.57. The maximum Gasteiger partial charge on any atom is 0.313 e. The van der Waals surface area contributed by atoms with E-state index in [9.17, 15) is 4.79 Å². The molecule has 0 N–H and O–H groups in total. The predicted molar refractivity (Wildman–Crippen MR) is 85.2 cm³/mol. The van der Waals surface area contributed by atoms with Crippen LogP contribution in [0, 0.1) is 5.92 Å². The first-order valence-corrected chi connectivity index (χ1v) is 8.05. The van der Waals surface area contributed by atoms with Crippen molar-refractivity contribution in [2.45, 2.75) is 45.1 Å². The van der Waals surface area contributed by atoms with Crippen molar-refractivity contribution in [2.24, 2.45) is 5.92 Å². The summed E-state index contributed by atoms with van der Waals surface area (Å²) >= 11 is 0. The average molecular weight is 289 g/mol. The van der Waals surface area contributed by atoms with Crippen molar-refractivity contribution in [1.82, 2.24) is 4.90 Å². The van der Waals surface area contributed by atoms with Gasteiger partial charge in [0.25, 0.3) is 0 Å². The Balaban J connectivity index is 2.05. The minimum absolute atomic E-state index is 0.0508. The van der Waals surface area contributed by atoms with E-state index in [1.54, 1.807) is 0 Å². The Morgan fingerprint density at radius 2 is 1.90 bits per heavy atom. The van der Waals surface area contributed by atoms with Gasteiger partial charge >= 0.3 is 5.97 Å². The lowest BCUT2D eigenvalue weighted by Gasteiger charge is -2.31. The molecule has 1 fully saturated rings. The normalized spacial score (nSPS) is 20.0. The number of ether oxygens (including phenoxy) is 1. The Labute approximate surface area is 128 Å². The van der Waals surface area contributed by atoms with Gasteiger partial charge in [-0.25, -0.2) is 0 Å². The van der Waals surface area contributed by atoms with Crippen LogP contribution < -0.4 is 0 Å². The molecular formula is C18H27NO2. The lowest BCUT2D eigenvalue weighted by molar-refractivity contribution is -0.154. The molecular weight excluding hydrogens is 262 g/mol. The molecule has 21 heavy (non-hydrogen) atoms. The molecule has 1 aliphatic rings. The molecule has 0 aromatic heterocycles. The number of piperidine rings is 1. The molecule has 1 heterocycles. The van der Waals surface area contributed by atoms with E-state index in [2.05, 4.69) is 25.8 Å². The molecule has 3 nitrogen and oxygen atoms in total. The number of esters is 1. The number of benzene rings is 1. The van der Waals surface area contributed by atoms with Gasteiger partial charge in [-0.1, -0.05) is 50.6 Å². The van der Waals surface area contributed by atoms with E-state index in [0.29, 0.717) is 5.92 Å². The number of likely N-dealkylation sites (tertiary alicyclic amines) is 1. The van der Waals surface area contributed by atoms with E-state index >= 15 is 0 Å². The number of nitrogens with zero attached hydrogens (tertiary/aromatic N) is 1. The highest BCUT2D eigenvalue weighted by Gasteiger charge is 2.30. The second-order valence-corrected chi connectivity index (χ2v) is 6.21.